The Balaban J connectivity index is 1.62. The van der Waals surface area contributed by atoms with Crippen molar-refractivity contribution in [2.24, 2.45) is 46.3 Å². The first kappa shape index (κ1) is 18.7. The highest BCUT2D eigenvalue weighted by Crippen LogP contribution is 2.67. The summed E-state index contributed by atoms with van der Waals surface area (Å²) in [5, 5.41) is 10.2. The quantitative estimate of drug-likeness (QED) is 0.686. The minimum atomic E-state index is -0.0873. The second-order valence-corrected chi connectivity index (χ2v) is 10.8. The third-order valence-electron chi connectivity index (χ3n) is 9.69. The summed E-state index contributed by atoms with van der Waals surface area (Å²) in [6.07, 6.45) is 11.9. The molecule has 4 rings (SSSR count). The first-order valence-corrected chi connectivity index (χ1v) is 11.1. The molecule has 0 amide bonds. The molecule has 4 aliphatic carbocycles. The Morgan fingerprint density at radius 1 is 1.19 bits per heavy atom. The topological polar surface area (TPSA) is 37.3 Å². The van der Waals surface area contributed by atoms with Crippen LogP contribution in [0.1, 0.15) is 78.6 Å². The van der Waals surface area contributed by atoms with E-state index in [1.807, 2.05) is 6.08 Å². The van der Waals surface area contributed by atoms with E-state index >= 15 is 0 Å². The molecule has 4 saturated carbocycles. The van der Waals surface area contributed by atoms with E-state index in [4.69, 9.17) is 0 Å². The number of ketones is 1. The molecule has 4 aliphatic rings. The summed E-state index contributed by atoms with van der Waals surface area (Å²) < 4.78 is 0. The fourth-order valence-electron chi connectivity index (χ4n) is 8.35. The molecular formula is C24H38O2. The lowest BCUT2D eigenvalue weighted by molar-refractivity contribution is -0.146. The third kappa shape index (κ3) is 2.58. The third-order valence-corrected chi connectivity index (χ3v) is 9.69. The van der Waals surface area contributed by atoms with Gasteiger partial charge in [0.2, 0.25) is 0 Å². The van der Waals surface area contributed by atoms with Crippen molar-refractivity contribution in [2.75, 3.05) is 0 Å². The van der Waals surface area contributed by atoms with Crippen LogP contribution in [0.25, 0.3) is 0 Å². The summed E-state index contributed by atoms with van der Waals surface area (Å²) in [6.45, 7) is 11.2. The summed E-state index contributed by atoms with van der Waals surface area (Å²) in [7, 11) is 0. The van der Waals surface area contributed by atoms with Crippen LogP contribution < -0.4 is 0 Å². The van der Waals surface area contributed by atoms with Crippen molar-refractivity contribution in [2.45, 2.75) is 84.7 Å². The fraction of sp³-hybridized carbons (Fsp3) is 0.875. The average Bonchev–Trinajstić information content (AvgIpc) is 2.87. The average molecular weight is 359 g/mol. The van der Waals surface area contributed by atoms with Crippen LogP contribution >= 0.6 is 0 Å². The van der Waals surface area contributed by atoms with Crippen LogP contribution in [0.3, 0.4) is 0 Å². The number of carbonyl (C=O) groups is 1. The van der Waals surface area contributed by atoms with Crippen molar-refractivity contribution in [3.8, 4) is 0 Å². The lowest BCUT2D eigenvalue weighted by atomic mass is 9.44. The molecule has 1 N–H and O–H groups in total. The maximum atomic E-state index is 13.2. The first-order chi connectivity index (χ1) is 12.3. The molecule has 0 aromatic heterocycles. The Bertz CT molecular complexity index is 583. The van der Waals surface area contributed by atoms with E-state index in [1.54, 1.807) is 0 Å². The molecular weight excluding hydrogens is 320 g/mol. The molecule has 0 spiro atoms. The number of allylic oxidation sites excluding steroid dienone is 1. The highest BCUT2D eigenvalue weighted by Gasteiger charge is 2.63. The van der Waals surface area contributed by atoms with Crippen LogP contribution in [0, 0.1) is 46.3 Å². The van der Waals surface area contributed by atoms with Crippen LogP contribution in [-0.2, 0) is 4.79 Å². The predicted molar refractivity (Wildman–Crippen MR) is 106 cm³/mol. The standard InChI is InChI=1S/C24H38O2/c1-5-6-15(2)20-14-21(26)22-18-8-7-16-13-17(25)9-11-23(16,3)19(18)10-12-24(20,22)4/h5,15-20,22,25H,1,6-14H2,2-4H3/t15-,16+,17?,18-,19+,20-,22-,23+,24-/m1/s1. The van der Waals surface area contributed by atoms with E-state index in [-0.39, 0.29) is 11.5 Å². The Morgan fingerprint density at radius 2 is 1.92 bits per heavy atom. The zero-order valence-corrected chi connectivity index (χ0v) is 17.0. The van der Waals surface area contributed by atoms with Gasteiger partial charge in [-0.1, -0.05) is 26.8 Å². The van der Waals surface area contributed by atoms with Crippen LogP contribution in [0.15, 0.2) is 12.7 Å². The monoisotopic (exact) mass is 358 g/mol. The van der Waals surface area contributed by atoms with Gasteiger partial charge in [-0.05, 0) is 91.8 Å². The molecule has 2 heteroatoms. The smallest absolute Gasteiger partial charge is 0.137 e. The molecule has 0 aliphatic heterocycles. The SMILES string of the molecule is C=CC[C@@H](C)[C@H]1CC(=O)[C@H]2[C@@H]3CC[C@H]4CC(O)CC[C@]4(C)[C@H]3CC[C@]12C. The van der Waals surface area contributed by atoms with E-state index in [0.29, 0.717) is 46.7 Å². The zero-order valence-electron chi connectivity index (χ0n) is 17.0. The molecule has 0 bridgehead atoms. The number of rotatable bonds is 3. The maximum Gasteiger partial charge on any atom is 0.137 e. The highest BCUT2D eigenvalue weighted by atomic mass is 16.3. The van der Waals surface area contributed by atoms with Gasteiger partial charge < -0.3 is 5.11 Å². The van der Waals surface area contributed by atoms with E-state index in [2.05, 4.69) is 27.4 Å². The zero-order chi connectivity index (χ0) is 18.7. The second-order valence-electron chi connectivity index (χ2n) is 10.8. The van der Waals surface area contributed by atoms with Gasteiger partial charge in [-0.25, -0.2) is 0 Å². The Labute approximate surface area is 159 Å². The van der Waals surface area contributed by atoms with Gasteiger partial charge in [-0.2, -0.15) is 0 Å². The number of Topliss-reactive ketones (excluding diaryl/α,β-unsaturated/α-hetero) is 1. The van der Waals surface area contributed by atoms with E-state index in [0.717, 1.165) is 32.1 Å². The molecule has 146 valence electrons. The summed E-state index contributed by atoms with van der Waals surface area (Å²) in [5.41, 5.74) is 0.562. The van der Waals surface area contributed by atoms with E-state index < -0.39 is 0 Å². The largest absolute Gasteiger partial charge is 0.393 e. The number of hydrogen-bond donors (Lipinski definition) is 1. The molecule has 0 heterocycles. The molecule has 1 unspecified atom stereocenters. The van der Waals surface area contributed by atoms with Crippen molar-refractivity contribution in [3.05, 3.63) is 12.7 Å². The van der Waals surface area contributed by atoms with Gasteiger partial charge in [-0.3, -0.25) is 4.79 Å². The molecule has 4 fully saturated rings. The van der Waals surface area contributed by atoms with Crippen molar-refractivity contribution in [1.82, 2.24) is 0 Å². The number of aliphatic hydroxyl groups excluding tert-OH is 1. The summed E-state index contributed by atoms with van der Waals surface area (Å²) in [6, 6.07) is 0. The molecule has 0 saturated heterocycles. The number of aliphatic hydroxyl groups is 1. The van der Waals surface area contributed by atoms with Gasteiger partial charge >= 0.3 is 0 Å². The van der Waals surface area contributed by atoms with Gasteiger partial charge in [0.25, 0.3) is 0 Å². The first-order valence-electron chi connectivity index (χ1n) is 11.1. The predicted octanol–water partition coefficient (Wildman–Crippen LogP) is 5.40. The van der Waals surface area contributed by atoms with E-state index in [1.165, 1.54) is 25.7 Å². The Hall–Kier alpha value is -0.630. The number of carbonyl (C=O) groups excluding carboxylic acids is 1. The summed E-state index contributed by atoms with van der Waals surface area (Å²) in [5.74, 6) is 3.94. The maximum absolute atomic E-state index is 13.2. The van der Waals surface area contributed by atoms with Crippen molar-refractivity contribution in [1.29, 1.82) is 0 Å². The molecule has 9 atom stereocenters. The van der Waals surface area contributed by atoms with Crippen LogP contribution in [0.5, 0.6) is 0 Å². The second kappa shape index (κ2) is 6.47. The van der Waals surface area contributed by atoms with Crippen molar-refractivity contribution in [3.63, 3.8) is 0 Å². The number of hydrogen-bond acceptors (Lipinski definition) is 2. The van der Waals surface area contributed by atoms with Crippen molar-refractivity contribution >= 4 is 5.78 Å². The van der Waals surface area contributed by atoms with Gasteiger partial charge in [0.1, 0.15) is 5.78 Å². The van der Waals surface area contributed by atoms with Crippen LogP contribution in [0.4, 0.5) is 0 Å². The molecule has 0 radical (unpaired) electrons. The Kier molecular flexibility index (Phi) is 4.66. The molecule has 2 nitrogen and oxygen atoms in total. The lowest BCUT2D eigenvalue weighted by Crippen LogP contribution is -2.55. The van der Waals surface area contributed by atoms with Crippen LogP contribution in [0.2, 0.25) is 0 Å². The minimum absolute atomic E-state index is 0.0873. The fourth-order valence-corrected chi connectivity index (χ4v) is 8.35. The van der Waals surface area contributed by atoms with Gasteiger partial charge in [0.15, 0.2) is 0 Å². The van der Waals surface area contributed by atoms with Gasteiger partial charge in [-0.15, -0.1) is 6.58 Å². The minimum Gasteiger partial charge on any atom is -0.393 e. The number of fused-ring (bicyclic) bond motifs is 5. The van der Waals surface area contributed by atoms with Crippen LogP contribution in [-0.4, -0.2) is 17.0 Å². The van der Waals surface area contributed by atoms with E-state index in [9.17, 15) is 9.90 Å². The molecule has 0 aromatic rings. The van der Waals surface area contributed by atoms with Gasteiger partial charge in [0.05, 0.1) is 6.10 Å². The Morgan fingerprint density at radius 3 is 2.65 bits per heavy atom. The summed E-state index contributed by atoms with van der Waals surface area (Å²) in [4.78, 5) is 13.2. The van der Waals surface area contributed by atoms with Crippen molar-refractivity contribution < 1.29 is 9.90 Å². The lowest BCUT2D eigenvalue weighted by Gasteiger charge is -2.60. The highest BCUT2D eigenvalue weighted by molar-refractivity contribution is 5.85. The summed E-state index contributed by atoms with van der Waals surface area (Å²) >= 11 is 0. The molecule has 0 aromatic carbocycles. The normalized spacial score (nSPS) is 51.9. The molecule has 26 heavy (non-hydrogen) atoms. The van der Waals surface area contributed by atoms with Gasteiger partial charge in [0, 0.05) is 12.3 Å².